The number of hydrogen-bond donors (Lipinski definition) is 1. The van der Waals surface area contributed by atoms with Crippen LogP contribution in [0.3, 0.4) is 0 Å². The molecule has 0 atom stereocenters. The zero-order valence-electron chi connectivity index (χ0n) is 23.3. The minimum atomic E-state index is -1.08. The number of imidazole rings is 1. The van der Waals surface area contributed by atoms with E-state index in [1.54, 1.807) is 22.9 Å². The second-order valence-electron chi connectivity index (χ2n) is 10.7. The fourth-order valence-corrected chi connectivity index (χ4v) is 4.78. The highest BCUT2D eigenvalue weighted by Gasteiger charge is 2.28. The van der Waals surface area contributed by atoms with E-state index in [0.717, 1.165) is 6.07 Å². The van der Waals surface area contributed by atoms with Crippen LogP contribution in [-0.2, 0) is 11.8 Å². The number of ether oxygens (including phenoxy) is 1. The molecule has 1 aliphatic rings. The molecule has 0 radical (unpaired) electrons. The van der Waals surface area contributed by atoms with Crippen LogP contribution in [0.15, 0.2) is 42.6 Å². The van der Waals surface area contributed by atoms with Crippen LogP contribution in [0.1, 0.15) is 21.0 Å². The molecule has 13 heteroatoms. The van der Waals surface area contributed by atoms with Gasteiger partial charge in [0, 0.05) is 50.5 Å². The third kappa shape index (κ3) is 7.01. The molecule has 10 nitrogen and oxygen atoms in total. The summed E-state index contributed by atoms with van der Waals surface area (Å²) >= 11 is 6.43. The summed E-state index contributed by atoms with van der Waals surface area (Å²) in [5.41, 5.74) is 1.12. The summed E-state index contributed by atoms with van der Waals surface area (Å²) in [6, 6.07) is 8.46. The third-order valence-corrected chi connectivity index (χ3v) is 6.93. The Morgan fingerprint density at radius 1 is 1.05 bits per heavy atom. The molecule has 4 rings (SSSR count). The fourth-order valence-electron chi connectivity index (χ4n) is 4.52. The molecule has 2 aromatic carbocycles. The fraction of sp³-hybridized carbons (Fsp3) is 0.357. The summed E-state index contributed by atoms with van der Waals surface area (Å²) in [7, 11) is 7.42. The molecule has 1 aliphatic heterocycles. The van der Waals surface area contributed by atoms with Gasteiger partial charge in [-0.2, -0.15) is 0 Å². The van der Waals surface area contributed by atoms with E-state index in [1.807, 2.05) is 21.1 Å². The van der Waals surface area contributed by atoms with Crippen molar-refractivity contribution >= 4 is 35.0 Å². The van der Waals surface area contributed by atoms with Gasteiger partial charge in [-0.05, 0) is 30.3 Å². The van der Waals surface area contributed by atoms with Gasteiger partial charge in [-0.25, -0.2) is 13.8 Å². The first kappa shape index (κ1) is 29.9. The minimum Gasteiger partial charge on any atom is -0.463 e. The highest BCUT2D eigenvalue weighted by Crippen LogP contribution is 2.28. The zero-order chi connectivity index (χ0) is 29.9. The zero-order valence-corrected chi connectivity index (χ0v) is 24.0. The van der Waals surface area contributed by atoms with Gasteiger partial charge in [-0.1, -0.05) is 11.6 Å². The van der Waals surface area contributed by atoms with Crippen LogP contribution < -0.4 is 10.1 Å². The van der Waals surface area contributed by atoms with Gasteiger partial charge in [-0.15, -0.1) is 0 Å². The Hall–Kier alpha value is -4.03. The van der Waals surface area contributed by atoms with Crippen molar-refractivity contribution in [1.29, 1.82) is 0 Å². The van der Waals surface area contributed by atoms with E-state index >= 15 is 0 Å². The minimum absolute atomic E-state index is 0.0115. The molecule has 0 saturated carbocycles. The number of carbonyl (C=O) groups is 3. The maximum absolute atomic E-state index is 14.6. The number of anilines is 1. The van der Waals surface area contributed by atoms with Gasteiger partial charge in [-0.3, -0.25) is 14.4 Å². The monoisotopic (exact) mass is 589 g/mol. The Kier molecular flexibility index (Phi) is 8.93. The van der Waals surface area contributed by atoms with Gasteiger partial charge in [0.05, 0.1) is 43.6 Å². The maximum atomic E-state index is 14.6. The number of halogens is 3. The van der Waals surface area contributed by atoms with Gasteiger partial charge < -0.3 is 28.9 Å². The molecular formula is C28H32ClF2N6O4+. The van der Waals surface area contributed by atoms with Gasteiger partial charge in [0.2, 0.25) is 6.86 Å². The Morgan fingerprint density at radius 2 is 1.73 bits per heavy atom. The number of likely N-dealkylation sites (N-methyl/N-ethyl adjacent to an activating group) is 1. The van der Waals surface area contributed by atoms with Gasteiger partial charge in [0.1, 0.15) is 11.6 Å². The Bertz CT molecular complexity index is 1460. The first-order chi connectivity index (χ1) is 19.4. The summed E-state index contributed by atoms with van der Waals surface area (Å²) in [6.45, 7) is 0.982. The lowest BCUT2D eigenvalue weighted by molar-refractivity contribution is -0.862. The second kappa shape index (κ2) is 12.2. The van der Waals surface area contributed by atoms with E-state index in [2.05, 4.69) is 15.0 Å². The molecule has 1 aromatic heterocycles. The van der Waals surface area contributed by atoms with Crippen LogP contribution in [0.2, 0.25) is 5.02 Å². The van der Waals surface area contributed by atoms with E-state index < -0.39 is 18.6 Å². The molecule has 218 valence electrons. The highest BCUT2D eigenvalue weighted by atomic mass is 35.5. The average molecular weight is 590 g/mol. The van der Waals surface area contributed by atoms with E-state index in [4.69, 9.17) is 11.6 Å². The third-order valence-electron chi connectivity index (χ3n) is 6.62. The second-order valence-corrected chi connectivity index (χ2v) is 11.1. The topological polar surface area (TPSA) is 96.8 Å². The standard InChI is InChI=1S/C28H31ClF2N6O4/c1-34-24(21-8-6-19(41-17-30)14-23(21)31)15-32-26(34)27(39)33-18-5-7-20(22(29)13-18)28(40)36-11-9-35(10-12-36)25(38)16-37(2,3)4/h5-8,13-15H,9-12,16-17H2,1-4H3/p+1. The highest BCUT2D eigenvalue weighted by molar-refractivity contribution is 6.34. The normalized spacial score (nSPS) is 13.7. The number of benzene rings is 2. The number of piperazine rings is 1. The van der Waals surface area contributed by atoms with Crippen LogP contribution in [0.4, 0.5) is 14.5 Å². The predicted octanol–water partition coefficient (Wildman–Crippen LogP) is 3.43. The smallest absolute Gasteiger partial charge is 0.291 e. The number of amides is 3. The number of alkyl halides is 1. The van der Waals surface area contributed by atoms with Crippen molar-refractivity contribution in [1.82, 2.24) is 19.4 Å². The number of rotatable bonds is 8. The first-order valence-electron chi connectivity index (χ1n) is 12.9. The Balaban J connectivity index is 1.40. The lowest BCUT2D eigenvalue weighted by atomic mass is 10.1. The molecule has 3 amide bonds. The molecular weight excluding hydrogens is 558 g/mol. The number of quaternary nitrogens is 1. The summed E-state index contributed by atoms with van der Waals surface area (Å²) in [6.07, 6.45) is 1.35. The van der Waals surface area contributed by atoms with Crippen molar-refractivity contribution in [2.45, 2.75) is 0 Å². The summed E-state index contributed by atoms with van der Waals surface area (Å²) in [4.78, 5) is 46.1. The molecule has 2 heterocycles. The molecule has 1 fully saturated rings. The van der Waals surface area contributed by atoms with Crippen molar-refractivity contribution in [3.8, 4) is 17.0 Å². The van der Waals surface area contributed by atoms with Gasteiger partial charge >= 0.3 is 0 Å². The van der Waals surface area contributed by atoms with E-state index in [-0.39, 0.29) is 39.5 Å². The number of hydrogen-bond acceptors (Lipinski definition) is 5. The molecule has 1 N–H and O–H groups in total. The van der Waals surface area contributed by atoms with Crippen LogP contribution in [0.25, 0.3) is 11.3 Å². The largest absolute Gasteiger partial charge is 0.463 e. The number of nitrogens with one attached hydrogen (secondary N) is 1. The summed E-state index contributed by atoms with van der Waals surface area (Å²) in [5, 5.41) is 2.86. The van der Waals surface area contributed by atoms with Gasteiger partial charge in [0.25, 0.3) is 17.7 Å². The molecule has 1 saturated heterocycles. The van der Waals surface area contributed by atoms with Crippen LogP contribution in [-0.4, -0.2) is 102 Å². The summed E-state index contributed by atoms with van der Waals surface area (Å²) < 4.78 is 33.6. The number of aromatic nitrogens is 2. The maximum Gasteiger partial charge on any atom is 0.291 e. The van der Waals surface area contributed by atoms with Crippen LogP contribution in [0.5, 0.6) is 5.75 Å². The van der Waals surface area contributed by atoms with Crippen molar-refractivity contribution < 1.29 is 32.4 Å². The number of nitrogens with zero attached hydrogens (tertiary/aromatic N) is 5. The number of carbonyl (C=O) groups excluding carboxylic acids is 3. The van der Waals surface area contributed by atoms with E-state index in [0.29, 0.717) is 48.6 Å². The van der Waals surface area contributed by atoms with E-state index in [9.17, 15) is 23.2 Å². The Morgan fingerprint density at radius 3 is 2.34 bits per heavy atom. The first-order valence-corrected chi connectivity index (χ1v) is 13.2. The Labute approximate surface area is 241 Å². The van der Waals surface area contributed by atoms with Crippen LogP contribution >= 0.6 is 11.6 Å². The van der Waals surface area contributed by atoms with Crippen molar-refractivity contribution in [2.75, 3.05) is 66.0 Å². The molecule has 0 unspecified atom stereocenters. The molecule has 0 bridgehead atoms. The lowest BCUT2D eigenvalue weighted by Crippen LogP contribution is -2.54. The molecule has 3 aromatic rings. The predicted molar refractivity (Wildman–Crippen MR) is 150 cm³/mol. The van der Waals surface area contributed by atoms with Crippen LogP contribution in [0, 0.1) is 5.82 Å². The van der Waals surface area contributed by atoms with Crippen molar-refractivity contribution in [2.24, 2.45) is 7.05 Å². The molecule has 0 aliphatic carbocycles. The summed E-state index contributed by atoms with van der Waals surface area (Å²) in [5.74, 6) is -1.38. The SMILES string of the molecule is Cn1c(-c2ccc(OCF)cc2F)cnc1C(=O)Nc1ccc(C(=O)N2CCN(C(=O)C[N+](C)(C)C)CC2)c(Cl)c1. The quantitative estimate of drug-likeness (QED) is 0.406. The van der Waals surface area contributed by atoms with E-state index in [1.165, 1.54) is 35.0 Å². The molecule has 0 spiro atoms. The average Bonchev–Trinajstić information content (AvgIpc) is 3.29. The van der Waals surface area contributed by atoms with Crippen molar-refractivity contribution in [3.05, 3.63) is 64.8 Å². The van der Waals surface area contributed by atoms with Gasteiger partial charge in [0.15, 0.2) is 12.4 Å². The molecule has 41 heavy (non-hydrogen) atoms. The lowest BCUT2D eigenvalue weighted by Gasteiger charge is -2.36. The van der Waals surface area contributed by atoms with Crippen molar-refractivity contribution in [3.63, 3.8) is 0 Å².